The summed E-state index contributed by atoms with van der Waals surface area (Å²) in [4.78, 5) is 31.4. The number of amides is 1. The SMILES string of the molecule is CCCn1c(N2CC(C)OC(C)C2)c(/C=C2/SC(=S)N(C3CCCCC3)C2=O)c(C)c(C#N)c1=O. The molecule has 2 atom stereocenters. The molecular weight excluding hydrogens is 480 g/mol. The maximum Gasteiger partial charge on any atom is 0.270 e. The molecule has 1 aliphatic carbocycles. The largest absolute Gasteiger partial charge is 0.372 e. The van der Waals surface area contributed by atoms with Gasteiger partial charge in [0.2, 0.25) is 0 Å². The Hall–Kier alpha value is -2.15. The number of morpholine rings is 1. The van der Waals surface area contributed by atoms with Crippen molar-refractivity contribution in [3.05, 3.63) is 31.9 Å². The van der Waals surface area contributed by atoms with E-state index in [1.807, 2.05) is 26.8 Å². The Morgan fingerprint density at radius 1 is 1.17 bits per heavy atom. The van der Waals surface area contributed by atoms with E-state index in [1.54, 1.807) is 16.4 Å². The first-order valence-corrected chi connectivity index (χ1v) is 13.8. The van der Waals surface area contributed by atoms with Gasteiger partial charge in [0.05, 0.1) is 17.1 Å². The number of carbonyl (C=O) groups is 1. The lowest BCUT2D eigenvalue weighted by Gasteiger charge is -2.39. The van der Waals surface area contributed by atoms with Crippen molar-refractivity contribution in [1.82, 2.24) is 9.47 Å². The van der Waals surface area contributed by atoms with Gasteiger partial charge in [0, 0.05) is 31.2 Å². The molecule has 35 heavy (non-hydrogen) atoms. The van der Waals surface area contributed by atoms with E-state index >= 15 is 0 Å². The quantitative estimate of drug-likeness (QED) is 0.420. The summed E-state index contributed by atoms with van der Waals surface area (Å²) >= 11 is 6.97. The first kappa shape index (κ1) is 25.9. The van der Waals surface area contributed by atoms with Gasteiger partial charge in [0.25, 0.3) is 11.5 Å². The molecule has 0 N–H and O–H groups in total. The van der Waals surface area contributed by atoms with E-state index in [0.29, 0.717) is 34.4 Å². The zero-order valence-electron chi connectivity index (χ0n) is 21.0. The van der Waals surface area contributed by atoms with E-state index < -0.39 is 0 Å². The fourth-order valence-corrected chi connectivity index (χ4v) is 6.91. The highest BCUT2D eigenvalue weighted by Crippen LogP contribution is 2.39. The number of ether oxygens (including phenoxy) is 1. The summed E-state index contributed by atoms with van der Waals surface area (Å²) in [7, 11) is 0. The van der Waals surface area contributed by atoms with Gasteiger partial charge in [0.15, 0.2) is 0 Å². The van der Waals surface area contributed by atoms with Crippen LogP contribution in [0.2, 0.25) is 0 Å². The van der Waals surface area contributed by atoms with E-state index in [0.717, 1.165) is 43.5 Å². The van der Waals surface area contributed by atoms with Crippen molar-refractivity contribution < 1.29 is 9.53 Å². The molecule has 2 unspecified atom stereocenters. The number of hydrogen-bond acceptors (Lipinski definition) is 7. The molecule has 0 spiro atoms. The second-order valence-electron chi connectivity index (χ2n) is 9.81. The average Bonchev–Trinajstić information content (AvgIpc) is 3.10. The second kappa shape index (κ2) is 10.9. The van der Waals surface area contributed by atoms with Crippen LogP contribution in [0.4, 0.5) is 5.82 Å². The van der Waals surface area contributed by atoms with Gasteiger partial charge in [-0.3, -0.25) is 19.1 Å². The average molecular weight is 515 g/mol. The van der Waals surface area contributed by atoms with Gasteiger partial charge >= 0.3 is 0 Å². The molecule has 7 nitrogen and oxygen atoms in total. The molecule has 2 saturated heterocycles. The Labute approximate surface area is 217 Å². The molecule has 0 aromatic carbocycles. The molecule has 3 aliphatic rings. The lowest BCUT2D eigenvalue weighted by molar-refractivity contribution is -0.124. The Kier molecular flexibility index (Phi) is 8.04. The number of aromatic nitrogens is 1. The number of nitriles is 1. The summed E-state index contributed by atoms with van der Waals surface area (Å²) in [6.07, 6.45) is 8.01. The van der Waals surface area contributed by atoms with Gasteiger partial charge < -0.3 is 9.64 Å². The predicted molar refractivity (Wildman–Crippen MR) is 145 cm³/mol. The molecule has 3 fully saturated rings. The Morgan fingerprint density at radius 3 is 2.43 bits per heavy atom. The van der Waals surface area contributed by atoms with Crippen LogP contribution in [-0.4, -0.2) is 51.0 Å². The van der Waals surface area contributed by atoms with Crippen molar-refractivity contribution in [2.24, 2.45) is 0 Å². The highest BCUT2D eigenvalue weighted by Gasteiger charge is 2.38. The van der Waals surface area contributed by atoms with E-state index in [2.05, 4.69) is 11.0 Å². The number of thioether (sulfide) groups is 1. The predicted octanol–water partition coefficient (Wildman–Crippen LogP) is 4.59. The summed E-state index contributed by atoms with van der Waals surface area (Å²) in [5.41, 5.74) is 1.21. The lowest BCUT2D eigenvalue weighted by Crippen LogP contribution is -2.48. The summed E-state index contributed by atoms with van der Waals surface area (Å²) in [5, 5.41) is 9.85. The van der Waals surface area contributed by atoms with E-state index in [4.69, 9.17) is 17.0 Å². The minimum absolute atomic E-state index is 0.00256. The first-order chi connectivity index (χ1) is 16.8. The number of pyridine rings is 1. The van der Waals surface area contributed by atoms with Gasteiger partial charge in [-0.2, -0.15) is 5.26 Å². The Bertz CT molecular complexity index is 1140. The zero-order valence-corrected chi connectivity index (χ0v) is 22.6. The van der Waals surface area contributed by atoms with Crippen LogP contribution in [-0.2, 0) is 16.1 Å². The number of thiocarbonyl (C=S) groups is 1. The molecule has 1 saturated carbocycles. The van der Waals surface area contributed by atoms with Crippen LogP contribution in [0, 0.1) is 18.3 Å². The molecule has 1 amide bonds. The maximum absolute atomic E-state index is 13.5. The second-order valence-corrected chi connectivity index (χ2v) is 11.5. The number of rotatable bonds is 5. The molecule has 1 aromatic rings. The fourth-order valence-electron chi connectivity index (χ4n) is 5.53. The van der Waals surface area contributed by atoms with Crippen molar-refractivity contribution in [3.63, 3.8) is 0 Å². The van der Waals surface area contributed by atoms with E-state index in [1.165, 1.54) is 18.2 Å². The van der Waals surface area contributed by atoms with Crippen molar-refractivity contribution in [3.8, 4) is 6.07 Å². The van der Waals surface area contributed by atoms with Crippen molar-refractivity contribution in [2.45, 2.75) is 91.0 Å². The summed E-state index contributed by atoms with van der Waals surface area (Å²) < 4.78 is 8.26. The van der Waals surface area contributed by atoms with Gasteiger partial charge in [-0.1, -0.05) is 50.2 Å². The summed E-state index contributed by atoms with van der Waals surface area (Å²) in [6, 6.07) is 2.28. The van der Waals surface area contributed by atoms with E-state index in [-0.39, 0.29) is 35.3 Å². The van der Waals surface area contributed by atoms with Crippen molar-refractivity contribution >= 4 is 46.1 Å². The summed E-state index contributed by atoms with van der Waals surface area (Å²) in [5.74, 6) is 0.700. The maximum atomic E-state index is 13.5. The van der Waals surface area contributed by atoms with Gasteiger partial charge in [-0.25, -0.2) is 0 Å². The molecule has 0 bridgehead atoms. The molecular formula is C26H34N4O3S2. The van der Waals surface area contributed by atoms with Crippen LogP contribution in [0.15, 0.2) is 9.70 Å². The standard InChI is InChI=1S/C26H34N4O3S2/c1-5-11-29-23(28-14-16(2)33-17(3)15-28)20(18(4)21(13-27)24(29)31)12-22-25(32)30(26(34)35-22)19-9-7-6-8-10-19/h12,16-17,19H,5-11,14-15H2,1-4H3/b22-12+. The van der Waals surface area contributed by atoms with Crippen molar-refractivity contribution in [2.75, 3.05) is 18.0 Å². The van der Waals surface area contributed by atoms with E-state index in [9.17, 15) is 14.9 Å². The van der Waals surface area contributed by atoms with Crippen LogP contribution >= 0.6 is 24.0 Å². The summed E-state index contributed by atoms with van der Waals surface area (Å²) in [6.45, 7) is 9.62. The number of nitrogens with zero attached hydrogens (tertiary/aromatic N) is 4. The first-order valence-electron chi connectivity index (χ1n) is 12.6. The van der Waals surface area contributed by atoms with Crippen LogP contribution in [0.25, 0.3) is 6.08 Å². The Morgan fingerprint density at radius 2 is 1.83 bits per heavy atom. The lowest BCUT2D eigenvalue weighted by atomic mass is 9.94. The third kappa shape index (κ3) is 5.07. The zero-order chi connectivity index (χ0) is 25.3. The topological polar surface area (TPSA) is 78.6 Å². The number of hydrogen-bond donors (Lipinski definition) is 0. The molecule has 188 valence electrons. The smallest absolute Gasteiger partial charge is 0.270 e. The normalized spacial score (nSPS) is 24.9. The molecule has 0 radical (unpaired) electrons. The highest BCUT2D eigenvalue weighted by atomic mass is 32.2. The minimum atomic E-state index is -0.277. The number of carbonyl (C=O) groups excluding carboxylic acids is 1. The third-order valence-corrected chi connectivity index (χ3v) is 8.38. The molecule has 4 rings (SSSR count). The van der Waals surface area contributed by atoms with Crippen LogP contribution in [0.3, 0.4) is 0 Å². The molecule has 9 heteroatoms. The Balaban J connectivity index is 1.86. The number of anilines is 1. The molecule has 1 aromatic heterocycles. The fraction of sp³-hybridized carbons (Fsp3) is 0.615. The van der Waals surface area contributed by atoms with Crippen LogP contribution in [0.1, 0.15) is 76.0 Å². The van der Waals surface area contributed by atoms with Gasteiger partial charge in [0.1, 0.15) is 21.8 Å². The minimum Gasteiger partial charge on any atom is -0.372 e. The molecule has 2 aliphatic heterocycles. The molecule has 3 heterocycles. The van der Waals surface area contributed by atoms with Gasteiger partial charge in [-0.15, -0.1) is 0 Å². The van der Waals surface area contributed by atoms with Crippen LogP contribution in [0.5, 0.6) is 0 Å². The van der Waals surface area contributed by atoms with Gasteiger partial charge in [-0.05, 0) is 51.7 Å². The highest BCUT2D eigenvalue weighted by molar-refractivity contribution is 8.26. The van der Waals surface area contributed by atoms with Crippen molar-refractivity contribution in [1.29, 1.82) is 5.26 Å². The van der Waals surface area contributed by atoms with Crippen LogP contribution < -0.4 is 10.5 Å². The monoisotopic (exact) mass is 514 g/mol. The third-order valence-electron chi connectivity index (χ3n) is 7.05.